The molecule has 2 N–H and O–H groups in total. The number of aliphatic hydroxyl groups excluding tert-OH is 2. The monoisotopic (exact) mass is 292 g/mol. The highest BCUT2D eigenvalue weighted by Gasteiger charge is 2.59. The minimum atomic E-state index is -0.172. The fourth-order valence-corrected chi connectivity index (χ4v) is 7.27. The van der Waals surface area contributed by atoms with Crippen molar-refractivity contribution in [2.24, 2.45) is 34.5 Å². The van der Waals surface area contributed by atoms with E-state index in [9.17, 15) is 10.2 Å². The van der Waals surface area contributed by atoms with Gasteiger partial charge in [-0.3, -0.25) is 0 Å². The van der Waals surface area contributed by atoms with Crippen molar-refractivity contribution in [1.29, 1.82) is 0 Å². The summed E-state index contributed by atoms with van der Waals surface area (Å²) >= 11 is 0. The van der Waals surface area contributed by atoms with Crippen LogP contribution in [0.1, 0.15) is 71.6 Å². The van der Waals surface area contributed by atoms with E-state index in [1.54, 1.807) is 0 Å². The van der Waals surface area contributed by atoms with Gasteiger partial charge in [-0.2, -0.15) is 0 Å². The van der Waals surface area contributed by atoms with E-state index in [1.165, 1.54) is 32.1 Å². The standard InChI is InChI=1S/C19H32O2/c1-18-7-3-4-14(18)13-11-17(21)16-10-12(20)5-9-19(16,2)15(13)6-8-18/h12-17,20-21H,3-11H2,1-2H3/t12-,13+,14+,15+,16+,17-,18+,19+/m0/s1. The van der Waals surface area contributed by atoms with Gasteiger partial charge in [0, 0.05) is 0 Å². The van der Waals surface area contributed by atoms with E-state index in [0.29, 0.717) is 11.3 Å². The largest absolute Gasteiger partial charge is 0.393 e. The molecular weight excluding hydrogens is 260 g/mol. The van der Waals surface area contributed by atoms with Gasteiger partial charge in [0.2, 0.25) is 0 Å². The quantitative estimate of drug-likeness (QED) is 0.714. The average Bonchev–Trinajstić information content (AvgIpc) is 2.83. The first-order valence-electron chi connectivity index (χ1n) is 9.30. The smallest absolute Gasteiger partial charge is 0.0577 e. The van der Waals surface area contributed by atoms with Gasteiger partial charge in [0.1, 0.15) is 0 Å². The van der Waals surface area contributed by atoms with E-state index in [2.05, 4.69) is 13.8 Å². The highest BCUT2D eigenvalue weighted by Crippen LogP contribution is 2.66. The van der Waals surface area contributed by atoms with Crippen molar-refractivity contribution in [3.63, 3.8) is 0 Å². The van der Waals surface area contributed by atoms with Crippen molar-refractivity contribution in [2.45, 2.75) is 83.8 Å². The number of aliphatic hydroxyl groups is 2. The number of rotatable bonds is 0. The second kappa shape index (κ2) is 4.71. The van der Waals surface area contributed by atoms with E-state index in [-0.39, 0.29) is 17.6 Å². The molecule has 21 heavy (non-hydrogen) atoms. The van der Waals surface area contributed by atoms with Crippen molar-refractivity contribution in [3.05, 3.63) is 0 Å². The van der Waals surface area contributed by atoms with Gasteiger partial charge in [-0.15, -0.1) is 0 Å². The predicted octanol–water partition coefficient (Wildman–Crippen LogP) is 3.75. The van der Waals surface area contributed by atoms with Crippen LogP contribution in [0.4, 0.5) is 0 Å². The van der Waals surface area contributed by atoms with Gasteiger partial charge in [0.25, 0.3) is 0 Å². The van der Waals surface area contributed by atoms with Crippen LogP contribution in [0.5, 0.6) is 0 Å². The molecule has 120 valence electrons. The normalized spacial score (nSPS) is 60.0. The molecule has 0 aromatic carbocycles. The number of fused-ring (bicyclic) bond motifs is 5. The molecule has 0 saturated heterocycles. The predicted molar refractivity (Wildman–Crippen MR) is 83.7 cm³/mol. The molecule has 2 heteroatoms. The molecule has 0 amide bonds. The average molecular weight is 292 g/mol. The Morgan fingerprint density at radius 3 is 2.43 bits per heavy atom. The summed E-state index contributed by atoms with van der Waals surface area (Å²) in [5, 5.41) is 20.9. The van der Waals surface area contributed by atoms with Gasteiger partial charge in [0.15, 0.2) is 0 Å². The Bertz CT molecular complexity index is 422. The summed E-state index contributed by atoms with van der Waals surface area (Å²) in [4.78, 5) is 0. The molecule has 0 radical (unpaired) electrons. The lowest BCUT2D eigenvalue weighted by Crippen LogP contribution is -2.57. The molecule has 4 saturated carbocycles. The van der Waals surface area contributed by atoms with E-state index in [1.807, 2.05) is 0 Å². The molecule has 4 aliphatic carbocycles. The molecule has 2 nitrogen and oxygen atoms in total. The maximum atomic E-state index is 10.8. The van der Waals surface area contributed by atoms with Crippen molar-refractivity contribution >= 4 is 0 Å². The van der Waals surface area contributed by atoms with Gasteiger partial charge >= 0.3 is 0 Å². The van der Waals surface area contributed by atoms with Crippen LogP contribution >= 0.6 is 0 Å². The molecule has 4 fully saturated rings. The summed E-state index contributed by atoms with van der Waals surface area (Å²) < 4.78 is 0. The summed E-state index contributed by atoms with van der Waals surface area (Å²) in [6, 6.07) is 0. The van der Waals surface area contributed by atoms with E-state index in [0.717, 1.165) is 43.4 Å². The molecule has 0 bridgehead atoms. The van der Waals surface area contributed by atoms with Gasteiger partial charge in [-0.1, -0.05) is 20.3 Å². The van der Waals surface area contributed by atoms with Gasteiger partial charge in [0.05, 0.1) is 12.2 Å². The van der Waals surface area contributed by atoms with Crippen LogP contribution in [0.3, 0.4) is 0 Å². The van der Waals surface area contributed by atoms with Crippen molar-refractivity contribution in [1.82, 2.24) is 0 Å². The molecule has 0 spiro atoms. The molecule has 0 unspecified atom stereocenters. The lowest BCUT2D eigenvalue weighted by atomic mass is 9.44. The Balaban J connectivity index is 1.66. The van der Waals surface area contributed by atoms with Gasteiger partial charge < -0.3 is 10.2 Å². The topological polar surface area (TPSA) is 40.5 Å². The second-order valence-corrected chi connectivity index (χ2v) is 9.31. The third-order valence-corrected chi connectivity index (χ3v) is 8.43. The molecule has 4 rings (SSSR count). The lowest BCUT2D eigenvalue weighted by Gasteiger charge is -2.61. The van der Waals surface area contributed by atoms with Gasteiger partial charge in [-0.05, 0) is 85.9 Å². The SMILES string of the molecule is C[C@]12CCC[C@@H]1[C@H]1C[C@H](O)[C@H]3C[C@@H](O)CC[C@]3(C)[C@@H]1CC2. The van der Waals surface area contributed by atoms with Crippen LogP contribution < -0.4 is 0 Å². The summed E-state index contributed by atoms with van der Waals surface area (Å²) in [7, 11) is 0. The zero-order chi connectivity index (χ0) is 14.8. The summed E-state index contributed by atoms with van der Waals surface area (Å²) in [5.41, 5.74) is 0.851. The van der Waals surface area contributed by atoms with Crippen LogP contribution in [0.25, 0.3) is 0 Å². The minimum Gasteiger partial charge on any atom is -0.393 e. The summed E-state index contributed by atoms with van der Waals surface area (Å²) in [6.45, 7) is 4.97. The van der Waals surface area contributed by atoms with E-state index < -0.39 is 0 Å². The van der Waals surface area contributed by atoms with Crippen LogP contribution in [-0.2, 0) is 0 Å². The maximum absolute atomic E-state index is 10.8. The highest BCUT2D eigenvalue weighted by atomic mass is 16.3. The van der Waals surface area contributed by atoms with Crippen molar-refractivity contribution in [3.8, 4) is 0 Å². The second-order valence-electron chi connectivity index (χ2n) is 9.31. The highest BCUT2D eigenvalue weighted by molar-refractivity contribution is 5.09. The van der Waals surface area contributed by atoms with Crippen LogP contribution in [0.2, 0.25) is 0 Å². The van der Waals surface area contributed by atoms with Crippen molar-refractivity contribution in [2.75, 3.05) is 0 Å². The Labute approximate surface area is 129 Å². The first-order chi connectivity index (χ1) is 9.94. The van der Waals surface area contributed by atoms with Gasteiger partial charge in [-0.25, -0.2) is 0 Å². The zero-order valence-electron chi connectivity index (χ0n) is 13.7. The Kier molecular flexibility index (Phi) is 3.25. The summed E-state index contributed by atoms with van der Waals surface area (Å²) in [6.07, 6.45) is 10.6. The Hall–Kier alpha value is -0.0800. The Morgan fingerprint density at radius 1 is 0.810 bits per heavy atom. The molecule has 0 aromatic heterocycles. The summed E-state index contributed by atoms with van der Waals surface area (Å²) in [5.74, 6) is 2.75. The van der Waals surface area contributed by atoms with Crippen LogP contribution in [-0.4, -0.2) is 22.4 Å². The number of hydrogen-bond acceptors (Lipinski definition) is 2. The first kappa shape index (κ1) is 14.5. The molecule has 8 atom stereocenters. The third kappa shape index (κ3) is 1.97. The maximum Gasteiger partial charge on any atom is 0.0577 e. The molecular formula is C19H32O2. The molecule has 0 aliphatic heterocycles. The molecule has 4 aliphatic rings. The fourth-order valence-electron chi connectivity index (χ4n) is 7.27. The minimum absolute atomic E-state index is 0.172. The van der Waals surface area contributed by atoms with E-state index in [4.69, 9.17) is 0 Å². The molecule has 0 aromatic rings. The number of hydrogen-bond donors (Lipinski definition) is 2. The van der Waals surface area contributed by atoms with E-state index >= 15 is 0 Å². The third-order valence-electron chi connectivity index (χ3n) is 8.43. The fraction of sp³-hybridized carbons (Fsp3) is 1.00. The van der Waals surface area contributed by atoms with Crippen LogP contribution in [0, 0.1) is 34.5 Å². The van der Waals surface area contributed by atoms with Crippen LogP contribution in [0.15, 0.2) is 0 Å². The first-order valence-corrected chi connectivity index (χ1v) is 9.30. The Morgan fingerprint density at radius 2 is 1.62 bits per heavy atom. The van der Waals surface area contributed by atoms with Crippen molar-refractivity contribution < 1.29 is 10.2 Å². The molecule has 0 heterocycles. The lowest BCUT2D eigenvalue weighted by molar-refractivity contribution is -0.167. The zero-order valence-corrected chi connectivity index (χ0v) is 13.7.